The van der Waals surface area contributed by atoms with Crippen molar-refractivity contribution >= 4 is 17.9 Å². The molecule has 9 nitrogen and oxygen atoms in total. The quantitative estimate of drug-likeness (QED) is 0.0195. The zero-order valence-electron chi connectivity index (χ0n) is 53.3. The molecular weight excluding hydrogens is 983 g/mol. The number of carboxylic acids is 1. The summed E-state index contributed by atoms with van der Waals surface area (Å²) in [6, 6.07) is 0. The van der Waals surface area contributed by atoms with Crippen LogP contribution < -0.4 is 5.11 Å². The molecule has 0 aromatic rings. The monoisotopic (exact) mass is 1120 g/mol. The van der Waals surface area contributed by atoms with E-state index in [-0.39, 0.29) is 32.2 Å². The largest absolute Gasteiger partial charge is 0.545 e. The van der Waals surface area contributed by atoms with Gasteiger partial charge in [-0.3, -0.25) is 9.59 Å². The molecule has 0 saturated carbocycles. The molecule has 0 aromatic heterocycles. The van der Waals surface area contributed by atoms with Crippen molar-refractivity contribution in [3.05, 3.63) is 24.3 Å². The highest BCUT2D eigenvalue weighted by Crippen LogP contribution is 2.19. The topological polar surface area (TPSA) is 111 Å². The highest BCUT2D eigenvalue weighted by molar-refractivity contribution is 5.70. The Labute approximate surface area is 490 Å². The number of nitrogens with zero attached hydrogens (tertiary/aromatic N) is 1. The molecule has 466 valence electrons. The third-order valence-corrected chi connectivity index (χ3v) is 15.7. The number of hydrogen-bond donors (Lipinski definition) is 0. The summed E-state index contributed by atoms with van der Waals surface area (Å²) in [4.78, 5) is 37.4. The molecule has 0 N–H and O–H groups in total. The standard InChI is InChI=1S/C70H133NO8/c1-6-8-10-12-14-16-18-20-22-24-26-27-28-29-30-31-32-33-34-35-36-37-38-39-40-41-43-44-46-48-50-52-54-56-58-60-67(72)77-64-66(65-78-70(69(74)75)76-63-62-71(3,4)5)79-68(73)61-59-57-55-53-51-49-47-45-42-25-23-21-19-17-15-13-11-9-7-2/h15,17,21,23,66,70H,6-14,16,18-20,22,24-65H2,1-5H3/b17-15-,23-21-. The Morgan fingerprint density at radius 1 is 0.380 bits per heavy atom. The zero-order chi connectivity index (χ0) is 57.6. The molecule has 2 atom stereocenters. The fraction of sp³-hybridized carbons (Fsp3) is 0.900. The van der Waals surface area contributed by atoms with Crippen LogP contribution >= 0.6 is 0 Å². The van der Waals surface area contributed by atoms with Gasteiger partial charge >= 0.3 is 11.9 Å². The van der Waals surface area contributed by atoms with Crippen molar-refractivity contribution in [3.8, 4) is 0 Å². The van der Waals surface area contributed by atoms with Crippen LogP contribution in [0.5, 0.6) is 0 Å². The van der Waals surface area contributed by atoms with Crippen molar-refractivity contribution in [2.24, 2.45) is 0 Å². The first-order valence-corrected chi connectivity index (χ1v) is 34.5. The molecule has 2 unspecified atom stereocenters. The van der Waals surface area contributed by atoms with Gasteiger partial charge in [-0.1, -0.05) is 314 Å². The molecule has 0 aliphatic carbocycles. The molecule has 0 saturated heterocycles. The lowest BCUT2D eigenvalue weighted by molar-refractivity contribution is -0.870. The van der Waals surface area contributed by atoms with Crippen molar-refractivity contribution in [2.75, 3.05) is 47.5 Å². The van der Waals surface area contributed by atoms with E-state index in [0.717, 1.165) is 51.4 Å². The number of carbonyl (C=O) groups excluding carboxylic acids is 3. The molecule has 0 aliphatic heterocycles. The number of aliphatic carboxylic acids is 1. The second kappa shape index (κ2) is 61.8. The van der Waals surface area contributed by atoms with Gasteiger partial charge in [-0.15, -0.1) is 0 Å². The van der Waals surface area contributed by atoms with Crippen LogP contribution in [0.15, 0.2) is 24.3 Å². The van der Waals surface area contributed by atoms with Gasteiger partial charge in [0.2, 0.25) is 0 Å². The van der Waals surface area contributed by atoms with Crippen molar-refractivity contribution in [1.29, 1.82) is 0 Å². The normalized spacial score (nSPS) is 12.8. The Morgan fingerprint density at radius 3 is 1.03 bits per heavy atom. The van der Waals surface area contributed by atoms with Crippen LogP contribution in [0.2, 0.25) is 0 Å². The summed E-state index contributed by atoms with van der Waals surface area (Å²) in [5, 5.41) is 11.8. The summed E-state index contributed by atoms with van der Waals surface area (Å²) in [5.41, 5.74) is 0. The van der Waals surface area contributed by atoms with Gasteiger partial charge in [0.05, 0.1) is 40.3 Å². The third kappa shape index (κ3) is 63.2. The Balaban J connectivity index is 3.98. The molecule has 0 aromatic carbocycles. The molecule has 9 heteroatoms. The van der Waals surface area contributed by atoms with E-state index in [1.807, 2.05) is 21.1 Å². The maximum absolute atomic E-state index is 12.9. The average molecular weight is 1120 g/mol. The summed E-state index contributed by atoms with van der Waals surface area (Å²) < 4.78 is 22.8. The van der Waals surface area contributed by atoms with Crippen LogP contribution in [0.3, 0.4) is 0 Å². The Morgan fingerprint density at radius 2 is 0.684 bits per heavy atom. The van der Waals surface area contributed by atoms with Gasteiger partial charge in [-0.25, -0.2) is 0 Å². The Kier molecular flexibility index (Phi) is 60.1. The lowest BCUT2D eigenvalue weighted by Crippen LogP contribution is -2.44. The van der Waals surface area contributed by atoms with E-state index >= 15 is 0 Å². The molecule has 0 spiro atoms. The summed E-state index contributed by atoms with van der Waals surface area (Å²) >= 11 is 0. The third-order valence-electron chi connectivity index (χ3n) is 15.7. The fourth-order valence-corrected chi connectivity index (χ4v) is 10.4. The van der Waals surface area contributed by atoms with E-state index in [1.54, 1.807) is 0 Å². The minimum absolute atomic E-state index is 0.149. The van der Waals surface area contributed by atoms with Gasteiger partial charge in [-0.2, -0.15) is 0 Å². The molecule has 0 amide bonds. The van der Waals surface area contributed by atoms with Crippen LogP contribution in [0.1, 0.15) is 348 Å². The predicted molar refractivity (Wildman–Crippen MR) is 334 cm³/mol. The number of ether oxygens (including phenoxy) is 4. The smallest absolute Gasteiger partial charge is 0.306 e. The molecule has 0 rings (SSSR count). The predicted octanol–water partition coefficient (Wildman–Crippen LogP) is 19.7. The van der Waals surface area contributed by atoms with Crippen molar-refractivity contribution in [1.82, 2.24) is 0 Å². The number of allylic oxidation sites excluding steroid dienone is 4. The maximum Gasteiger partial charge on any atom is 0.306 e. The molecule has 0 aliphatic rings. The molecular formula is C70H133NO8. The number of carboxylic acid groups (broad SMARTS) is 1. The highest BCUT2D eigenvalue weighted by Gasteiger charge is 2.22. The molecule has 0 fully saturated rings. The van der Waals surface area contributed by atoms with E-state index in [2.05, 4.69) is 38.2 Å². The van der Waals surface area contributed by atoms with E-state index in [0.29, 0.717) is 23.9 Å². The second-order valence-electron chi connectivity index (χ2n) is 24.8. The molecule has 0 heterocycles. The van der Waals surface area contributed by atoms with Crippen LogP contribution in [0.4, 0.5) is 0 Å². The molecule has 79 heavy (non-hydrogen) atoms. The van der Waals surface area contributed by atoms with Crippen molar-refractivity contribution < 1.29 is 42.9 Å². The van der Waals surface area contributed by atoms with Crippen molar-refractivity contribution in [2.45, 2.75) is 360 Å². The Hall–Kier alpha value is -2.23. The SMILES string of the molecule is CCCCC/C=C\C/C=C\CCCCCCCCCCCC(=O)OC(COC(=O)CCCCCCCCCCCCCCCCCCCCCCCCCCCCCCCCCCCCC)COC(OCC[N+](C)(C)C)C(=O)[O-]. The number of esters is 2. The maximum atomic E-state index is 12.9. The van der Waals surface area contributed by atoms with Gasteiger partial charge in [0.1, 0.15) is 13.2 Å². The number of rotatable bonds is 65. The lowest BCUT2D eigenvalue weighted by Gasteiger charge is -2.26. The molecule has 0 radical (unpaired) electrons. The van der Waals surface area contributed by atoms with E-state index in [9.17, 15) is 19.5 Å². The van der Waals surface area contributed by atoms with Crippen molar-refractivity contribution in [3.63, 3.8) is 0 Å². The molecule has 0 bridgehead atoms. The second-order valence-corrected chi connectivity index (χ2v) is 24.8. The first-order chi connectivity index (χ1) is 38.6. The number of likely N-dealkylation sites (N-methyl/N-ethyl adjacent to an activating group) is 1. The summed E-state index contributed by atoms with van der Waals surface area (Å²) in [6.07, 6.45) is 72.7. The Bertz CT molecular complexity index is 1340. The first-order valence-electron chi connectivity index (χ1n) is 34.5. The van der Waals surface area contributed by atoms with Crippen LogP contribution in [-0.2, 0) is 33.3 Å². The van der Waals surface area contributed by atoms with Crippen LogP contribution in [0, 0.1) is 0 Å². The lowest BCUT2D eigenvalue weighted by atomic mass is 10.0. The number of quaternary nitrogens is 1. The van der Waals surface area contributed by atoms with Gasteiger partial charge in [0.25, 0.3) is 0 Å². The number of carbonyl (C=O) groups is 3. The summed E-state index contributed by atoms with van der Waals surface area (Å²) in [6.45, 7) is 4.78. The fourth-order valence-electron chi connectivity index (χ4n) is 10.4. The number of unbranched alkanes of at least 4 members (excludes halogenated alkanes) is 46. The first kappa shape index (κ1) is 76.8. The average Bonchev–Trinajstić information content (AvgIpc) is 3.42. The van der Waals surface area contributed by atoms with Gasteiger partial charge in [0.15, 0.2) is 12.4 Å². The van der Waals surface area contributed by atoms with E-state index in [1.165, 1.54) is 263 Å². The van der Waals surface area contributed by atoms with Gasteiger partial charge < -0.3 is 33.3 Å². The summed E-state index contributed by atoms with van der Waals surface area (Å²) in [7, 11) is 5.94. The van der Waals surface area contributed by atoms with Crippen LogP contribution in [-0.4, -0.2) is 82.3 Å². The number of hydrogen-bond acceptors (Lipinski definition) is 8. The summed E-state index contributed by atoms with van der Waals surface area (Å²) in [5.74, 6) is -2.26. The minimum atomic E-state index is -1.62. The zero-order valence-corrected chi connectivity index (χ0v) is 53.3. The van der Waals surface area contributed by atoms with E-state index in [4.69, 9.17) is 18.9 Å². The van der Waals surface area contributed by atoms with E-state index < -0.39 is 24.3 Å². The van der Waals surface area contributed by atoms with Crippen LogP contribution in [0.25, 0.3) is 0 Å². The highest BCUT2D eigenvalue weighted by atomic mass is 16.7. The van der Waals surface area contributed by atoms with Gasteiger partial charge in [-0.05, 0) is 44.9 Å². The minimum Gasteiger partial charge on any atom is -0.545 e. The van der Waals surface area contributed by atoms with Gasteiger partial charge in [0, 0.05) is 12.8 Å².